The normalized spacial score (nSPS) is 20.9. The van der Waals surface area contributed by atoms with Crippen molar-refractivity contribution in [2.45, 2.75) is 38.4 Å². The van der Waals surface area contributed by atoms with E-state index in [1.54, 1.807) is 19.9 Å². The quantitative estimate of drug-likeness (QED) is 0.317. The summed E-state index contributed by atoms with van der Waals surface area (Å²) in [6, 6.07) is 1.72. The number of nitrogens with zero attached hydrogens (tertiary/aromatic N) is 3. The fraction of sp³-hybridized carbons (Fsp3) is 0.412. The van der Waals surface area contributed by atoms with Gasteiger partial charge in [0.05, 0.1) is 18.7 Å². The number of benzene rings is 1. The monoisotopic (exact) mass is 390 g/mol. The van der Waals surface area contributed by atoms with Crippen molar-refractivity contribution in [3.8, 4) is 17.3 Å². The molecule has 0 radical (unpaired) electrons. The van der Waals surface area contributed by atoms with Crippen LogP contribution in [0.25, 0.3) is 22.6 Å². The number of nitrogens with one attached hydrogen (secondary N) is 1. The van der Waals surface area contributed by atoms with E-state index in [0.717, 1.165) is 5.56 Å². The number of aliphatic hydroxyl groups excluding tert-OH is 3. The molecule has 11 heteroatoms. The highest BCUT2D eigenvalue weighted by Gasteiger charge is 2.47. The van der Waals surface area contributed by atoms with Crippen molar-refractivity contribution in [1.29, 1.82) is 0 Å². The Hall–Kier alpha value is -2.86. The highest BCUT2D eigenvalue weighted by Crippen LogP contribution is 2.40. The molecule has 3 heterocycles. The van der Waals surface area contributed by atoms with Gasteiger partial charge in [0, 0.05) is 0 Å². The van der Waals surface area contributed by atoms with Crippen LogP contribution in [0.1, 0.15) is 11.1 Å². The summed E-state index contributed by atoms with van der Waals surface area (Å²) in [6.45, 7) is 2.22. The molecule has 4 rings (SSSR count). The minimum atomic E-state index is -2.35. The maximum Gasteiger partial charge on any atom is 0.349 e. The van der Waals surface area contributed by atoms with E-state index in [0.29, 0.717) is 16.6 Å². The number of hydrogen-bond donors (Lipinski definition) is 5. The molecule has 0 unspecified atom stereocenters. The Morgan fingerprint density at radius 2 is 2.04 bits per heavy atom. The zero-order valence-electron chi connectivity index (χ0n) is 15.0. The van der Waals surface area contributed by atoms with E-state index in [-0.39, 0.29) is 17.3 Å². The van der Waals surface area contributed by atoms with E-state index in [9.17, 15) is 24.9 Å². The molecule has 3 atom stereocenters. The average Bonchev–Trinajstić information content (AvgIpc) is 2.65. The molecule has 11 nitrogen and oxygen atoms in total. The standard InChI is InChI=1S/C17H18N4O7/c1-6-3-8-11-12(7(6)2)28-17(27,13(24)9(23)4-22)5-21(11)14-10(18-8)15(25)20-16(26)19-14/h3,9,13,22-24,27H,4-5H2,1-2H3,(H,20,25,26)/t9-,13-,17-/m1/s1. The first-order chi connectivity index (χ1) is 13.2. The average molecular weight is 390 g/mol. The number of ether oxygens (including phenoxy) is 1. The van der Waals surface area contributed by atoms with Crippen LogP contribution >= 0.6 is 0 Å². The van der Waals surface area contributed by atoms with Crippen LogP contribution in [0.5, 0.6) is 5.75 Å². The van der Waals surface area contributed by atoms with Gasteiger partial charge in [-0.05, 0) is 31.0 Å². The van der Waals surface area contributed by atoms with E-state index in [2.05, 4.69) is 9.97 Å². The van der Waals surface area contributed by atoms with Gasteiger partial charge in [-0.25, -0.2) is 9.78 Å². The first-order valence-electron chi connectivity index (χ1n) is 8.49. The predicted octanol–water partition coefficient (Wildman–Crippen LogP) is -2.00. The second-order valence-electron chi connectivity index (χ2n) is 6.90. The number of aryl methyl sites for hydroxylation is 1. The molecule has 0 saturated heterocycles. The van der Waals surface area contributed by atoms with Crippen molar-refractivity contribution in [2.24, 2.45) is 0 Å². The van der Waals surface area contributed by atoms with Crippen LogP contribution in [0.3, 0.4) is 0 Å². The summed E-state index contributed by atoms with van der Waals surface area (Å²) in [7, 11) is 0. The molecule has 0 amide bonds. The summed E-state index contributed by atoms with van der Waals surface area (Å²) in [5.41, 5.74) is 0.359. The lowest BCUT2D eigenvalue weighted by atomic mass is 9.99. The van der Waals surface area contributed by atoms with Gasteiger partial charge in [-0.15, -0.1) is 0 Å². The Morgan fingerprint density at radius 1 is 1.32 bits per heavy atom. The van der Waals surface area contributed by atoms with Gasteiger partial charge >= 0.3 is 5.69 Å². The number of aliphatic hydroxyl groups is 4. The third-order valence-electron chi connectivity index (χ3n) is 5.03. The highest BCUT2D eigenvalue weighted by atomic mass is 16.6. The van der Waals surface area contributed by atoms with Crippen LogP contribution in [0, 0.1) is 13.8 Å². The number of hydrogen-bond acceptors (Lipinski definition) is 9. The Kier molecular flexibility index (Phi) is 4.01. The van der Waals surface area contributed by atoms with E-state index in [1.165, 1.54) is 4.57 Å². The van der Waals surface area contributed by atoms with Crippen LogP contribution in [-0.4, -0.2) is 64.5 Å². The number of aromatic nitrogens is 4. The van der Waals surface area contributed by atoms with Crippen molar-refractivity contribution >= 4 is 11.0 Å². The summed E-state index contributed by atoms with van der Waals surface area (Å²) >= 11 is 0. The maximum atomic E-state index is 12.2. The number of H-pyrrole nitrogens is 1. The van der Waals surface area contributed by atoms with Crippen molar-refractivity contribution < 1.29 is 25.2 Å². The smallest absolute Gasteiger partial charge is 0.349 e. The first kappa shape index (κ1) is 18.5. The molecule has 5 N–H and O–H groups in total. The summed E-state index contributed by atoms with van der Waals surface area (Å²) in [5.74, 6) is -2.29. The van der Waals surface area contributed by atoms with Gasteiger partial charge in [-0.2, -0.15) is 4.98 Å². The van der Waals surface area contributed by atoms with Crippen molar-refractivity contribution in [3.05, 3.63) is 38.0 Å². The molecule has 0 aromatic heterocycles. The van der Waals surface area contributed by atoms with Crippen LogP contribution in [-0.2, 0) is 6.54 Å². The Labute approximate surface area is 156 Å². The Bertz CT molecular complexity index is 1190. The lowest BCUT2D eigenvalue weighted by Gasteiger charge is -2.40. The fourth-order valence-electron chi connectivity index (χ4n) is 3.42. The van der Waals surface area contributed by atoms with Crippen LogP contribution in [0.15, 0.2) is 15.7 Å². The van der Waals surface area contributed by atoms with Gasteiger partial charge in [0.2, 0.25) is 0 Å². The van der Waals surface area contributed by atoms with Crippen LogP contribution in [0.2, 0.25) is 0 Å². The molecule has 148 valence electrons. The topological polar surface area (TPSA) is 171 Å². The van der Waals surface area contributed by atoms with Gasteiger partial charge in [0.15, 0.2) is 17.3 Å². The molecule has 1 aromatic carbocycles. The molecule has 0 saturated carbocycles. The summed E-state index contributed by atoms with van der Waals surface area (Å²) in [4.78, 5) is 34.1. The number of rotatable bonds is 3. The van der Waals surface area contributed by atoms with Gasteiger partial charge in [-0.1, -0.05) is 0 Å². The largest absolute Gasteiger partial charge is 0.455 e. The van der Waals surface area contributed by atoms with Gasteiger partial charge < -0.3 is 29.7 Å². The Balaban J connectivity index is 2.10. The second kappa shape index (κ2) is 6.07. The van der Waals surface area contributed by atoms with Crippen molar-refractivity contribution in [3.63, 3.8) is 0 Å². The number of aromatic amines is 1. The molecule has 28 heavy (non-hydrogen) atoms. The van der Waals surface area contributed by atoms with E-state index < -0.39 is 42.4 Å². The maximum absolute atomic E-state index is 12.2. The zero-order chi connectivity index (χ0) is 20.4. The molecule has 0 aliphatic carbocycles. The third-order valence-corrected chi connectivity index (χ3v) is 5.03. The Morgan fingerprint density at radius 3 is 2.71 bits per heavy atom. The van der Waals surface area contributed by atoms with Gasteiger partial charge in [0.1, 0.15) is 17.7 Å². The third kappa shape index (κ3) is 2.52. The molecule has 0 fully saturated rings. The van der Waals surface area contributed by atoms with E-state index in [4.69, 9.17) is 9.84 Å². The van der Waals surface area contributed by atoms with Crippen LogP contribution < -0.4 is 16.0 Å². The fourth-order valence-corrected chi connectivity index (χ4v) is 3.42. The number of fused-ring (bicyclic) bond motifs is 2. The van der Waals surface area contributed by atoms with Crippen LogP contribution in [0.4, 0.5) is 0 Å². The second-order valence-corrected chi connectivity index (χ2v) is 6.90. The highest BCUT2D eigenvalue weighted by molar-refractivity contribution is 5.88. The molecule has 3 aliphatic heterocycles. The van der Waals surface area contributed by atoms with E-state index >= 15 is 0 Å². The minimum Gasteiger partial charge on any atom is -0.455 e. The van der Waals surface area contributed by atoms with Crippen molar-refractivity contribution in [2.75, 3.05) is 6.61 Å². The molecule has 0 bridgehead atoms. The lowest BCUT2D eigenvalue weighted by molar-refractivity contribution is -0.243. The van der Waals surface area contributed by atoms with E-state index in [1.807, 2.05) is 4.98 Å². The molecular weight excluding hydrogens is 372 g/mol. The zero-order valence-corrected chi connectivity index (χ0v) is 15.0. The summed E-state index contributed by atoms with van der Waals surface area (Å²) in [6.07, 6.45) is -3.57. The van der Waals surface area contributed by atoms with Crippen molar-refractivity contribution in [1.82, 2.24) is 19.5 Å². The lowest BCUT2D eigenvalue weighted by Crippen LogP contribution is -2.58. The SMILES string of the molecule is Cc1cc2nc3c(=O)[nH]c(=O)nc-3n3c2c(c1C)O[C@@](O)([C@H](O)[C@H](O)CO)C3. The molecule has 3 aliphatic rings. The van der Waals surface area contributed by atoms with Gasteiger partial charge in [-0.3, -0.25) is 9.78 Å². The molecular formula is C17H18N4O7. The molecule has 1 aromatic rings. The predicted molar refractivity (Wildman–Crippen MR) is 95.2 cm³/mol. The van der Waals surface area contributed by atoms with Gasteiger partial charge in [0.25, 0.3) is 11.3 Å². The molecule has 0 spiro atoms. The minimum absolute atomic E-state index is 0.0989. The summed E-state index contributed by atoms with van der Waals surface area (Å²) in [5, 5.41) is 40.3. The first-order valence-corrected chi connectivity index (χ1v) is 8.49. The summed E-state index contributed by atoms with van der Waals surface area (Å²) < 4.78 is 7.03.